The molecule has 0 aromatic heterocycles. The van der Waals surface area contributed by atoms with Gasteiger partial charge in [-0.2, -0.15) is 0 Å². The minimum atomic E-state index is 0.114. The second-order valence-electron chi connectivity index (χ2n) is 4.42. The maximum absolute atomic E-state index is 8.52. The smallest absolute Gasteiger partial charge is 0.0697 e. The van der Waals surface area contributed by atoms with Crippen molar-refractivity contribution in [1.82, 2.24) is 5.32 Å². The number of hydrogen-bond acceptors (Lipinski definition) is 4. The molecule has 2 atom stereocenters. The van der Waals surface area contributed by atoms with Gasteiger partial charge in [0.15, 0.2) is 0 Å². The first-order chi connectivity index (χ1) is 7.83. The summed E-state index contributed by atoms with van der Waals surface area (Å²) in [5.41, 5.74) is 0. The third kappa shape index (κ3) is 6.43. The van der Waals surface area contributed by atoms with E-state index in [1.807, 2.05) is 0 Å². The molecule has 1 fully saturated rings. The molecule has 2 N–H and O–H groups in total. The van der Waals surface area contributed by atoms with Crippen molar-refractivity contribution in [3.05, 3.63) is 0 Å². The Hall–Kier alpha value is -0.160. The van der Waals surface area contributed by atoms with Crippen LogP contribution >= 0.6 is 0 Å². The van der Waals surface area contributed by atoms with Gasteiger partial charge in [-0.3, -0.25) is 0 Å². The first-order valence-electron chi connectivity index (χ1n) is 6.36. The van der Waals surface area contributed by atoms with Gasteiger partial charge in [-0.05, 0) is 39.2 Å². The lowest BCUT2D eigenvalue weighted by molar-refractivity contribution is 0.0872. The van der Waals surface area contributed by atoms with E-state index in [0.717, 1.165) is 32.6 Å². The van der Waals surface area contributed by atoms with Crippen LogP contribution in [0.5, 0.6) is 0 Å². The molecule has 16 heavy (non-hydrogen) atoms. The van der Waals surface area contributed by atoms with Gasteiger partial charge in [0.1, 0.15) is 0 Å². The van der Waals surface area contributed by atoms with E-state index in [1.54, 1.807) is 0 Å². The average Bonchev–Trinajstić information content (AvgIpc) is 2.76. The van der Waals surface area contributed by atoms with Crippen LogP contribution in [0.4, 0.5) is 0 Å². The summed E-state index contributed by atoms with van der Waals surface area (Å²) in [6, 6.07) is 0.515. The Bertz CT molecular complexity index is 160. The van der Waals surface area contributed by atoms with E-state index in [9.17, 15) is 0 Å². The third-order valence-corrected chi connectivity index (χ3v) is 2.83. The van der Waals surface area contributed by atoms with Gasteiger partial charge in [0.05, 0.1) is 19.3 Å². The molecule has 0 aliphatic carbocycles. The number of aliphatic hydroxyl groups excluding tert-OH is 1. The SMILES string of the molecule is CC(CC1CCCO1)NCCCOCCO. The molecular formula is C12H25NO3. The van der Waals surface area contributed by atoms with Crippen LogP contribution < -0.4 is 5.32 Å². The van der Waals surface area contributed by atoms with E-state index < -0.39 is 0 Å². The van der Waals surface area contributed by atoms with Crippen LogP contribution in [-0.4, -0.2) is 50.2 Å². The molecule has 0 aromatic carbocycles. The number of aliphatic hydroxyl groups is 1. The Kier molecular flexibility index (Phi) is 7.76. The molecule has 0 amide bonds. The summed E-state index contributed by atoms with van der Waals surface area (Å²) < 4.78 is 10.8. The summed E-state index contributed by atoms with van der Waals surface area (Å²) in [5.74, 6) is 0. The lowest BCUT2D eigenvalue weighted by Crippen LogP contribution is -2.31. The van der Waals surface area contributed by atoms with Crippen LogP contribution in [0.1, 0.15) is 32.6 Å². The van der Waals surface area contributed by atoms with E-state index in [1.165, 1.54) is 12.8 Å². The van der Waals surface area contributed by atoms with E-state index >= 15 is 0 Å². The van der Waals surface area contributed by atoms with E-state index in [2.05, 4.69) is 12.2 Å². The van der Waals surface area contributed by atoms with Crippen LogP contribution in [0.15, 0.2) is 0 Å². The molecule has 96 valence electrons. The molecule has 0 spiro atoms. The fourth-order valence-corrected chi connectivity index (χ4v) is 2.00. The zero-order chi connectivity index (χ0) is 11.6. The molecule has 2 unspecified atom stereocenters. The van der Waals surface area contributed by atoms with Crippen LogP contribution in [0.25, 0.3) is 0 Å². The van der Waals surface area contributed by atoms with Gasteiger partial charge in [-0.15, -0.1) is 0 Å². The number of hydrogen-bond donors (Lipinski definition) is 2. The zero-order valence-electron chi connectivity index (χ0n) is 10.3. The lowest BCUT2D eigenvalue weighted by Gasteiger charge is -2.17. The number of rotatable bonds is 9. The van der Waals surface area contributed by atoms with Crippen molar-refractivity contribution in [3.63, 3.8) is 0 Å². The molecule has 0 aromatic rings. The molecule has 1 saturated heterocycles. The van der Waals surface area contributed by atoms with Crippen molar-refractivity contribution in [2.24, 2.45) is 0 Å². The second-order valence-corrected chi connectivity index (χ2v) is 4.42. The maximum atomic E-state index is 8.52. The first-order valence-corrected chi connectivity index (χ1v) is 6.36. The molecule has 0 radical (unpaired) electrons. The van der Waals surface area contributed by atoms with Gasteiger partial charge in [-0.25, -0.2) is 0 Å². The summed E-state index contributed by atoms with van der Waals surface area (Å²) in [5, 5.41) is 12.0. The summed E-state index contributed by atoms with van der Waals surface area (Å²) in [6.07, 6.45) is 5.00. The fraction of sp³-hybridized carbons (Fsp3) is 1.00. The second kappa shape index (κ2) is 8.93. The van der Waals surface area contributed by atoms with Crippen molar-refractivity contribution in [1.29, 1.82) is 0 Å². The van der Waals surface area contributed by atoms with Crippen LogP contribution in [0.3, 0.4) is 0 Å². The fourth-order valence-electron chi connectivity index (χ4n) is 2.00. The third-order valence-electron chi connectivity index (χ3n) is 2.83. The van der Waals surface area contributed by atoms with Gasteiger partial charge in [0.25, 0.3) is 0 Å². The predicted molar refractivity (Wildman–Crippen MR) is 63.6 cm³/mol. The highest BCUT2D eigenvalue weighted by molar-refractivity contribution is 4.71. The molecular weight excluding hydrogens is 206 g/mol. The van der Waals surface area contributed by atoms with Gasteiger partial charge in [0.2, 0.25) is 0 Å². The van der Waals surface area contributed by atoms with Crippen molar-refractivity contribution in [3.8, 4) is 0 Å². The molecule has 1 heterocycles. The molecule has 4 nitrogen and oxygen atoms in total. The molecule has 0 saturated carbocycles. The van der Waals surface area contributed by atoms with E-state index in [0.29, 0.717) is 18.8 Å². The lowest BCUT2D eigenvalue weighted by atomic mass is 10.1. The number of ether oxygens (including phenoxy) is 2. The Balaban J connectivity index is 1.87. The minimum absolute atomic E-state index is 0.114. The quantitative estimate of drug-likeness (QED) is 0.580. The Morgan fingerprint density at radius 1 is 1.50 bits per heavy atom. The summed E-state index contributed by atoms with van der Waals surface area (Å²) >= 11 is 0. The highest BCUT2D eigenvalue weighted by Crippen LogP contribution is 2.16. The molecule has 1 aliphatic rings. The Morgan fingerprint density at radius 3 is 3.06 bits per heavy atom. The average molecular weight is 231 g/mol. The van der Waals surface area contributed by atoms with E-state index in [4.69, 9.17) is 14.6 Å². The van der Waals surface area contributed by atoms with Gasteiger partial charge in [0, 0.05) is 19.3 Å². The Morgan fingerprint density at radius 2 is 2.38 bits per heavy atom. The molecule has 1 aliphatic heterocycles. The standard InChI is InChI=1S/C12H25NO3/c1-11(10-12-4-2-8-16-12)13-5-3-7-15-9-6-14/h11-14H,2-10H2,1H3. The highest BCUT2D eigenvalue weighted by atomic mass is 16.5. The Labute approximate surface area is 98.3 Å². The van der Waals surface area contributed by atoms with Gasteiger partial charge >= 0.3 is 0 Å². The van der Waals surface area contributed by atoms with Gasteiger partial charge in [-0.1, -0.05) is 0 Å². The van der Waals surface area contributed by atoms with Crippen molar-refractivity contribution in [2.45, 2.75) is 44.8 Å². The van der Waals surface area contributed by atoms with Crippen molar-refractivity contribution in [2.75, 3.05) is 33.0 Å². The van der Waals surface area contributed by atoms with E-state index in [-0.39, 0.29) is 6.61 Å². The summed E-state index contributed by atoms with van der Waals surface area (Å²) in [6.45, 7) is 5.40. The monoisotopic (exact) mass is 231 g/mol. The highest BCUT2D eigenvalue weighted by Gasteiger charge is 2.17. The first kappa shape index (κ1) is 13.9. The summed E-state index contributed by atoms with van der Waals surface area (Å²) in [4.78, 5) is 0. The molecule has 0 bridgehead atoms. The molecule has 4 heteroatoms. The van der Waals surface area contributed by atoms with Crippen LogP contribution in [0.2, 0.25) is 0 Å². The molecule has 1 rings (SSSR count). The van der Waals surface area contributed by atoms with Crippen molar-refractivity contribution >= 4 is 0 Å². The van der Waals surface area contributed by atoms with Crippen LogP contribution in [0, 0.1) is 0 Å². The topological polar surface area (TPSA) is 50.7 Å². The minimum Gasteiger partial charge on any atom is -0.394 e. The largest absolute Gasteiger partial charge is 0.394 e. The predicted octanol–water partition coefficient (Wildman–Crippen LogP) is 0.933. The van der Waals surface area contributed by atoms with Gasteiger partial charge < -0.3 is 19.9 Å². The normalized spacial score (nSPS) is 22.5. The van der Waals surface area contributed by atoms with Crippen molar-refractivity contribution < 1.29 is 14.6 Å². The zero-order valence-corrected chi connectivity index (χ0v) is 10.3. The number of nitrogens with one attached hydrogen (secondary N) is 1. The summed E-state index contributed by atoms with van der Waals surface area (Å²) in [7, 11) is 0. The van der Waals surface area contributed by atoms with Crippen LogP contribution in [-0.2, 0) is 9.47 Å². The maximum Gasteiger partial charge on any atom is 0.0697 e.